The normalized spacial score (nSPS) is 23.8. The molecule has 0 unspecified atom stereocenters. The molecule has 3 nitrogen and oxygen atoms in total. The van der Waals surface area contributed by atoms with Gasteiger partial charge in [0.15, 0.2) is 0 Å². The fourth-order valence-corrected chi connectivity index (χ4v) is 4.17. The van der Waals surface area contributed by atoms with Crippen LogP contribution in [0.25, 0.3) is 11.1 Å². The third-order valence-corrected chi connectivity index (χ3v) is 5.88. The van der Waals surface area contributed by atoms with Gasteiger partial charge in [0.2, 0.25) is 0 Å². The molecule has 1 aromatic carbocycles. The van der Waals surface area contributed by atoms with E-state index in [1.165, 1.54) is 16.8 Å². The zero-order valence-corrected chi connectivity index (χ0v) is 15.3. The lowest BCUT2D eigenvalue weighted by Crippen LogP contribution is -2.55. The molecule has 4 heteroatoms. The summed E-state index contributed by atoms with van der Waals surface area (Å²) in [5.74, 6) is 0.892. The van der Waals surface area contributed by atoms with Gasteiger partial charge in [0.05, 0.1) is 0 Å². The van der Waals surface area contributed by atoms with Gasteiger partial charge in [0, 0.05) is 30.9 Å². The van der Waals surface area contributed by atoms with E-state index in [0.29, 0.717) is 12.1 Å². The van der Waals surface area contributed by atoms with Crippen molar-refractivity contribution >= 4 is 5.82 Å². The van der Waals surface area contributed by atoms with Gasteiger partial charge < -0.3 is 4.90 Å². The molecule has 2 heterocycles. The molecule has 1 aromatic heterocycles. The molecule has 0 saturated carbocycles. The largest absolute Gasteiger partial charge is 0.353 e. The first kappa shape index (κ1) is 16.5. The van der Waals surface area contributed by atoms with Crippen LogP contribution >= 0.6 is 0 Å². The number of aryl methyl sites for hydroxylation is 1. The van der Waals surface area contributed by atoms with Crippen molar-refractivity contribution < 1.29 is 4.39 Å². The summed E-state index contributed by atoms with van der Waals surface area (Å²) in [5, 5.41) is 0. The number of anilines is 1. The van der Waals surface area contributed by atoms with Gasteiger partial charge in [-0.25, -0.2) is 9.37 Å². The molecule has 0 N–H and O–H groups in total. The van der Waals surface area contributed by atoms with E-state index in [0.717, 1.165) is 43.7 Å². The van der Waals surface area contributed by atoms with Gasteiger partial charge in [-0.15, -0.1) is 0 Å². The average Bonchev–Trinajstić information content (AvgIpc) is 3.07. The summed E-state index contributed by atoms with van der Waals surface area (Å²) in [5.41, 5.74) is 4.91. The number of nitrogens with zero attached hydrogens (tertiary/aromatic N) is 3. The number of hydrogen-bond donors (Lipinski definition) is 0. The number of fused-ring (bicyclic) bond motifs is 1. The predicted octanol–water partition coefficient (Wildman–Crippen LogP) is 3.91. The number of aromatic nitrogens is 1. The number of pyridine rings is 1. The monoisotopic (exact) mass is 339 g/mol. The first-order chi connectivity index (χ1) is 12.0. The van der Waals surface area contributed by atoms with E-state index in [2.05, 4.69) is 36.8 Å². The maximum Gasteiger partial charge on any atom is 0.129 e. The van der Waals surface area contributed by atoms with Gasteiger partial charge in [-0.05, 0) is 75.0 Å². The Morgan fingerprint density at radius 3 is 2.40 bits per heavy atom. The summed E-state index contributed by atoms with van der Waals surface area (Å²) in [6.45, 7) is 6.54. The minimum Gasteiger partial charge on any atom is -0.353 e. The number of rotatable bonds is 2. The van der Waals surface area contributed by atoms with Gasteiger partial charge in [0.25, 0.3) is 0 Å². The fraction of sp³-hybridized carbons (Fsp3) is 0.476. The van der Waals surface area contributed by atoms with E-state index < -0.39 is 0 Å². The summed E-state index contributed by atoms with van der Waals surface area (Å²) in [6.07, 6.45) is 3.29. The molecule has 0 bridgehead atoms. The summed E-state index contributed by atoms with van der Waals surface area (Å²) < 4.78 is 13.3. The van der Waals surface area contributed by atoms with Crippen molar-refractivity contribution in [3.8, 4) is 11.1 Å². The molecule has 25 heavy (non-hydrogen) atoms. The molecule has 0 amide bonds. The van der Waals surface area contributed by atoms with Gasteiger partial charge in [0.1, 0.15) is 11.6 Å². The highest BCUT2D eigenvalue weighted by molar-refractivity contribution is 5.72. The Morgan fingerprint density at radius 2 is 1.72 bits per heavy atom. The maximum absolute atomic E-state index is 13.3. The predicted molar refractivity (Wildman–Crippen MR) is 101 cm³/mol. The van der Waals surface area contributed by atoms with Gasteiger partial charge in [-0.2, -0.15) is 0 Å². The topological polar surface area (TPSA) is 19.4 Å². The number of benzene rings is 1. The van der Waals surface area contributed by atoms with Crippen molar-refractivity contribution in [1.29, 1.82) is 0 Å². The smallest absolute Gasteiger partial charge is 0.129 e. The Labute approximate surface area is 149 Å². The van der Waals surface area contributed by atoms with Gasteiger partial charge in [-0.1, -0.05) is 12.1 Å². The molecular formula is C21H26FN3. The molecule has 1 saturated heterocycles. The van der Waals surface area contributed by atoms with E-state index in [9.17, 15) is 4.39 Å². The Balaban J connectivity index is 1.75. The van der Waals surface area contributed by atoms with Crippen LogP contribution in [0.15, 0.2) is 30.3 Å². The first-order valence-electron chi connectivity index (χ1n) is 9.28. The van der Waals surface area contributed by atoms with E-state index in [1.54, 1.807) is 12.1 Å². The number of piperazine rings is 1. The van der Waals surface area contributed by atoms with Crippen molar-refractivity contribution in [3.05, 3.63) is 47.4 Å². The lowest BCUT2D eigenvalue weighted by molar-refractivity contribution is 0.169. The second-order valence-corrected chi connectivity index (χ2v) is 7.58. The van der Waals surface area contributed by atoms with Crippen LogP contribution in [0.3, 0.4) is 0 Å². The maximum atomic E-state index is 13.3. The average molecular weight is 339 g/mol. The molecule has 0 spiro atoms. The van der Waals surface area contributed by atoms with Gasteiger partial charge in [-0.3, -0.25) is 4.90 Å². The fourth-order valence-electron chi connectivity index (χ4n) is 4.17. The highest BCUT2D eigenvalue weighted by Crippen LogP contribution is 2.35. The lowest BCUT2D eigenvalue weighted by Gasteiger charge is -2.43. The van der Waals surface area contributed by atoms with Crippen LogP contribution in [0.1, 0.15) is 31.5 Å². The van der Waals surface area contributed by atoms with E-state index in [4.69, 9.17) is 4.98 Å². The Morgan fingerprint density at radius 1 is 1.04 bits per heavy atom. The van der Waals surface area contributed by atoms with E-state index in [-0.39, 0.29) is 5.82 Å². The highest BCUT2D eigenvalue weighted by Gasteiger charge is 2.29. The SMILES string of the molecule is C[C@@H]1CN(c2cc(-c3ccc(F)cc3)c3c(n2)CCC3)C[C@H](C)N1C. The first-order valence-corrected chi connectivity index (χ1v) is 9.28. The van der Waals surface area contributed by atoms with Crippen LogP contribution in [-0.2, 0) is 12.8 Å². The van der Waals surface area contributed by atoms with Crippen molar-refractivity contribution in [2.75, 3.05) is 25.0 Å². The standard InChI is InChI=1S/C21H26FN3/c1-14-12-25(13-15(2)24(14)3)21-11-19(16-7-9-17(22)10-8-16)18-5-4-6-20(18)23-21/h7-11,14-15H,4-6,12-13H2,1-3H3/t14-,15+. The molecule has 0 radical (unpaired) electrons. The summed E-state index contributed by atoms with van der Waals surface area (Å²) in [4.78, 5) is 9.86. The van der Waals surface area contributed by atoms with E-state index >= 15 is 0 Å². The van der Waals surface area contributed by atoms with Crippen LogP contribution in [0, 0.1) is 5.82 Å². The quantitative estimate of drug-likeness (QED) is 0.827. The van der Waals surface area contributed by atoms with Crippen molar-refractivity contribution in [2.45, 2.75) is 45.2 Å². The molecule has 1 fully saturated rings. The molecule has 2 atom stereocenters. The molecule has 132 valence electrons. The zero-order valence-electron chi connectivity index (χ0n) is 15.3. The minimum atomic E-state index is -0.184. The van der Waals surface area contributed by atoms with Crippen molar-refractivity contribution in [1.82, 2.24) is 9.88 Å². The Hall–Kier alpha value is -1.94. The van der Waals surface area contributed by atoms with Crippen molar-refractivity contribution in [2.24, 2.45) is 0 Å². The number of halogens is 1. The van der Waals surface area contributed by atoms with Crippen LogP contribution in [0.4, 0.5) is 10.2 Å². The molecule has 1 aliphatic carbocycles. The third kappa shape index (κ3) is 3.04. The van der Waals surface area contributed by atoms with Crippen LogP contribution in [-0.4, -0.2) is 42.1 Å². The van der Waals surface area contributed by atoms with Crippen molar-refractivity contribution in [3.63, 3.8) is 0 Å². The van der Waals surface area contributed by atoms with E-state index in [1.807, 2.05) is 12.1 Å². The second kappa shape index (κ2) is 6.41. The second-order valence-electron chi connectivity index (χ2n) is 7.58. The number of likely N-dealkylation sites (N-methyl/N-ethyl adjacent to an activating group) is 1. The lowest BCUT2D eigenvalue weighted by atomic mass is 9.99. The summed E-state index contributed by atoms with van der Waals surface area (Å²) in [7, 11) is 2.20. The zero-order chi connectivity index (χ0) is 17.6. The molecule has 4 rings (SSSR count). The van der Waals surface area contributed by atoms with Gasteiger partial charge >= 0.3 is 0 Å². The third-order valence-electron chi connectivity index (χ3n) is 5.88. The Kier molecular flexibility index (Phi) is 4.24. The summed E-state index contributed by atoms with van der Waals surface area (Å²) in [6, 6.07) is 10.1. The van der Waals surface area contributed by atoms with Crippen LogP contribution in [0.2, 0.25) is 0 Å². The molecule has 2 aliphatic rings. The molecule has 2 aromatic rings. The van der Waals surface area contributed by atoms with Crippen LogP contribution < -0.4 is 4.90 Å². The minimum absolute atomic E-state index is 0.184. The molecule has 1 aliphatic heterocycles. The van der Waals surface area contributed by atoms with Crippen LogP contribution in [0.5, 0.6) is 0 Å². The molecular weight excluding hydrogens is 313 g/mol. The summed E-state index contributed by atoms with van der Waals surface area (Å²) >= 11 is 0. The highest BCUT2D eigenvalue weighted by atomic mass is 19.1. The Bertz CT molecular complexity index is 759. The number of hydrogen-bond acceptors (Lipinski definition) is 3.